The van der Waals surface area contributed by atoms with Crippen LogP contribution in [-0.2, 0) is 22.7 Å². The maximum atomic E-state index is 14.3. The quantitative estimate of drug-likeness (QED) is 0.471. The van der Waals surface area contributed by atoms with Crippen LogP contribution in [0.1, 0.15) is 72.1 Å². The van der Waals surface area contributed by atoms with Gasteiger partial charge in [0.2, 0.25) is 11.8 Å². The molecule has 1 saturated heterocycles. The van der Waals surface area contributed by atoms with E-state index in [1.807, 2.05) is 53.7 Å². The van der Waals surface area contributed by atoms with Gasteiger partial charge in [-0.05, 0) is 55.4 Å². The van der Waals surface area contributed by atoms with Crippen LogP contribution in [0.3, 0.4) is 0 Å². The fourth-order valence-corrected chi connectivity index (χ4v) is 7.36. The van der Waals surface area contributed by atoms with Gasteiger partial charge in [0.05, 0.1) is 16.1 Å². The van der Waals surface area contributed by atoms with Crippen LogP contribution < -0.4 is 5.32 Å². The number of carbonyl (C=O) groups is 3. The number of fused-ring (bicyclic) bond motifs is 1. The van der Waals surface area contributed by atoms with E-state index in [0.717, 1.165) is 52.9 Å². The Kier molecular flexibility index (Phi) is 6.97. The zero-order valence-corrected chi connectivity index (χ0v) is 23.1. The minimum Gasteiger partial charge on any atom is -0.350 e. The Balaban J connectivity index is 1.16. The van der Waals surface area contributed by atoms with Gasteiger partial charge in [-0.1, -0.05) is 61.7 Å². The lowest BCUT2D eigenvalue weighted by atomic mass is 9.78. The minimum absolute atomic E-state index is 0.0507. The molecule has 2 aliphatic heterocycles. The molecule has 2 aromatic carbocycles. The summed E-state index contributed by atoms with van der Waals surface area (Å²) in [5.41, 5.74) is 5.80. The summed E-state index contributed by atoms with van der Waals surface area (Å²) in [5, 5.41) is 3.08. The predicted molar refractivity (Wildman–Crippen MR) is 151 cm³/mol. The molecule has 1 saturated carbocycles. The summed E-state index contributed by atoms with van der Waals surface area (Å²) in [5.74, 6) is -0.228. The second kappa shape index (κ2) is 10.6. The molecule has 6 rings (SSSR count). The van der Waals surface area contributed by atoms with Gasteiger partial charge in [-0.3, -0.25) is 14.4 Å². The maximum absolute atomic E-state index is 14.3. The van der Waals surface area contributed by atoms with Gasteiger partial charge in [0.15, 0.2) is 0 Å². The van der Waals surface area contributed by atoms with E-state index in [9.17, 15) is 14.4 Å². The number of rotatable bonds is 6. The minimum atomic E-state index is -0.873. The van der Waals surface area contributed by atoms with E-state index in [1.165, 1.54) is 0 Å². The number of hydrogen-bond acceptors (Lipinski definition) is 5. The molecule has 3 aromatic rings. The molecule has 39 heavy (non-hydrogen) atoms. The van der Waals surface area contributed by atoms with Crippen molar-refractivity contribution in [3.05, 3.63) is 76.4 Å². The summed E-state index contributed by atoms with van der Waals surface area (Å²) in [6.07, 6.45) is 5.63. The molecular weight excluding hydrogens is 508 g/mol. The first-order valence-electron chi connectivity index (χ1n) is 14.0. The molecule has 3 amide bonds. The topological polar surface area (TPSA) is 82.6 Å². The van der Waals surface area contributed by atoms with Crippen molar-refractivity contribution >= 4 is 29.1 Å². The second-order valence-corrected chi connectivity index (χ2v) is 11.8. The van der Waals surface area contributed by atoms with Gasteiger partial charge in [0.25, 0.3) is 5.91 Å². The Hall–Kier alpha value is -3.52. The third-order valence-corrected chi connectivity index (χ3v) is 9.64. The smallest absolute Gasteiger partial charge is 0.255 e. The van der Waals surface area contributed by atoms with Gasteiger partial charge >= 0.3 is 0 Å². The zero-order chi connectivity index (χ0) is 27.0. The highest BCUT2D eigenvalue weighted by Crippen LogP contribution is 2.41. The lowest BCUT2D eigenvalue weighted by Crippen LogP contribution is -2.62. The maximum Gasteiger partial charge on any atom is 0.255 e. The fourth-order valence-electron chi connectivity index (χ4n) is 6.55. The molecule has 3 aliphatic rings. The van der Waals surface area contributed by atoms with Crippen LogP contribution >= 0.6 is 11.3 Å². The summed E-state index contributed by atoms with van der Waals surface area (Å²) in [4.78, 5) is 50.3. The molecule has 202 valence electrons. The van der Waals surface area contributed by atoms with Gasteiger partial charge in [0.1, 0.15) is 11.6 Å². The Morgan fingerprint density at radius 1 is 1.05 bits per heavy atom. The predicted octanol–water partition coefficient (Wildman–Crippen LogP) is 5.08. The number of amides is 3. The van der Waals surface area contributed by atoms with Gasteiger partial charge in [-0.2, -0.15) is 0 Å². The number of hydrogen-bond donors (Lipinski definition) is 1. The molecule has 3 heterocycles. The Labute approximate surface area is 233 Å². The average molecular weight is 543 g/mol. The van der Waals surface area contributed by atoms with Crippen LogP contribution in [0.2, 0.25) is 0 Å². The molecule has 7 nitrogen and oxygen atoms in total. The second-order valence-electron chi connectivity index (χ2n) is 11.0. The molecule has 0 spiro atoms. The van der Waals surface area contributed by atoms with Crippen LogP contribution in [0.25, 0.3) is 10.4 Å². The van der Waals surface area contributed by atoms with Crippen molar-refractivity contribution in [1.82, 2.24) is 20.1 Å². The molecule has 0 radical (unpaired) electrons. The van der Waals surface area contributed by atoms with Gasteiger partial charge in [0, 0.05) is 25.2 Å². The molecular formula is C31H34N4O3S. The summed E-state index contributed by atoms with van der Waals surface area (Å²) in [7, 11) is 0. The monoisotopic (exact) mass is 542 g/mol. The Bertz CT molecular complexity index is 1390. The van der Waals surface area contributed by atoms with E-state index in [1.54, 1.807) is 16.2 Å². The van der Waals surface area contributed by atoms with Gasteiger partial charge < -0.3 is 15.1 Å². The van der Waals surface area contributed by atoms with Crippen LogP contribution in [0.5, 0.6) is 0 Å². The Morgan fingerprint density at radius 3 is 2.54 bits per heavy atom. The molecule has 2 fully saturated rings. The SMILES string of the molecule is Cc1ncsc1-c1ccc(CNC(=O)[C@@H]2CCCN2C(=O)C2(N3Cc4ccccc4C3=O)CCCCC2)cc1. The number of thiazole rings is 1. The first-order chi connectivity index (χ1) is 19.0. The summed E-state index contributed by atoms with van der Waals surface area (Å²) >= 11 is 1.62. The molecule has 1 atom stereocenters. The van der Waals surface area contributed by atoms with Gasteiger partial charge in [-0.15, -0.1) is 11.3 Å². The highest BCUT2D eigenvalue weighted by atomic mass is 32.1. The van der Waals surface area contributed by atoms with E-state index in [-0.39, 0.29) is 17.7 Å². The van der Waals surface area contributed by atoms with Crippen LogP contribution in [0.15, 0.2) is 54.0 Å². The number of likely N-dealkylation sites (tertiary alicyclic amines) is 1. The first kappa shape index (κ1) is 25.7. The van der Waals surface area contributed by atoms with E-state index >= 15 is 0 Å². The lowest BCUT2D eigenvalue weighted by Gasteiger charge is -2.45. The number of nitrogens with zero attached hydrogens (tertiary/aromatic N) is 3. The summed E-state index contributed by atoms with van der Waals surface area (Å²) < 4.78 is 0. The molecule has 0 bridgehead atoms. The standard InChI is InChI=1S/C31H34N4O3S/c1-21-27(39-20-33-21)23-13-11-22(12-14-23)18-32-28(36)26-10-7-17-34(26)30(38)31(15-5-2-6-16-31)35-19-24-8-3-4-9-25(24)29(35)37/h3-4,8-9,11-14,20,26H,2,5-7,10,15-19H2,1H3,(H,32,36)/t26-/m0/s1. The molecule has 8 heteroatoms. The molecule has 0 unspecified atom stereocenters. The van der Waals surface area contributed by atoms with Crippen molar-refractivity contribution in [2.24, 2.45) is 0 Å². The van der Waals surface area contributed by atoms with Crippen LogP contribution in [0.4, 0.5) is 0 Å². The average Bonchev–Trinajstić information content (AvgIpc) is 3.71. The summed E-state index contributed by atoms with van der Waals surface area (Å²) in [6.45, 7) is 3.42. The largest absolute Gasteiger partial charge is 0.350 e. The number of benzene rings is 2. The van der Waals surface area contributed by atoms with Crippen molar-refractivity contribution in [1.29, 1.82) is 0 Å². The van der Waals surface area contributed by atoms with Crippen molar-refractivity contribution < 1.29 is 14.4 Å². The Morgan fingerprint density at radius 2 is 1.82 bits per heavy atom. The van der Waals surface area contributed by atoms with E-state index < -0.39 is 11.6 Å². The fraction of sp³-hybridized carbons (Fsp3) is 0.419. The van der Waals surface area contributed by atoms with E-state index in [0.29, 0.717) is 44.5 Å². The first-order valence-corrected chi connectivity index (χ1v) is 14.8. The number of carbonyl (C=O) groups excluding carboxylic acids is 3. The number of aryl methyl sites for hydroxylation is 1. The normalized spacial score (nSPS) is 20.2. The van der Waals surface area contributed by atoms with Crippen LogP contribution in [-0.4, -0.2) is 50.6 Å². The number of aromatic nitrogens is 1. The molecule has 1 aromatic heterocycles. The molecule has 1 N–H and O–H groups in total. The van der Waals surface area contributed by atoms with Crippen LogP contribution in [0, 0.1) is 6.92 Å². The third kappa shape index (κ3) is 4.65. The third-order valence-electron chi connectivity index (χ3n) is 8.66. The molecule has 1 aliphatic carbocycles. The highest BCUT2D eigenvalue weighted by Gasteiger charge is 2.53. The van der Waals surface area contributed by atoms with Crippen molar-refractivity contribution in [2.75, 3.05) is 6.54 Å². The van der Waals surface area contributed by atoms with E-state index in [2.05, 4.69) is 22.4 Å². The van der Waals surface area contributed by atoms with E-state index in [4.69, 9.17) is 0 Å². The lowest BCUT2D eigenvalue weighted by molar-refractivity contribution is -0.149. The van der Waals surface area contributed by atoms with Crippen molar-refractivity contribution in [2.45, 2.75) is 76.5 Å². The zero-order valence-electron chi connectivity index (χ0n) is 22.3. The van der Waals surface area contributed by atoms with Crippen molar-refractivity contribution in [3.8, 4) is 10.4 Å². The van der Waals surface area contributed by atoms with Gasteiger partial charge in [-0.25, -0.2) is 4.98 Å². The summed E-state index contributed by atoms with van der Waals surface area (Å²) in [6, 6.07) is 15.3. The highest BCUT2D eigenvalue weighted by molar-refractivity contribution is 7.13. The van der Waals surface area contributed by atoms with Crippen molar-refractivity contribution in [3.63, 3.8) is 0 Å². The number of nitrogens with one attached hydrogen (secondary N) is 1.